The molecule has 0 aliphatic carbocycles. The van der Waals surface area contributed by atoms with Crippen LogP contribution in [0.4, 0.5) is 4.39 Å². The summed E-state index contributed by atoms with van der Waals surface area (Å²) in [4.78, 5) is 11.9. The van der Waals surface area contributed by atoms with Gasteiger partial charge in [0.1, 0.15) is 11.5 Å². The Morgan fingerprint density at radius 1 is 1.41 bits per heavy atom. The zero-order chi connectivity index (χ0) is 19.6. The molecule has 1 amide bonds. The number of carbonyl (C=O) groups excluding carboxylic acids is 1. The first-order valence-corrected chi connectivity index (χ1v) is 9.91. The van der Waals surface area contributed by atoms with Crippen LogP contribution in [-0.2, 0) is 27.7 Å². The molecule has 0 spiro atoms. The van der Waals surface area contributed by atoms with Gasteiger partial charge >= 0.3 is 0 Å². The summed E-state index contributed by atoms with van der Waals surface area (Å²) in [6.07, 6.45) is 0.395. The van der Waals surface area contributed by atoms with Crippen molar-refractivity contribution in [3.8, 4) is 0 Å². The molecule has 0 saturated carbocycles. The Morgan fingerprint density at radius 3 is 2.85 bits per heavy atom. The highest BCUT2D eigenvalue weighted by Gasteiger charge is 2.29. The van der Waals surface area contributed by atoms with Crippen LogP contribution >= 0.6 is 0 Å². The van der Waals surface area contributed by atoms with Gasteiger partial charge in [-0.2, -0.15) is 5.10 Å². The minimum absolute atomic E-state index is 0.117. The molecule has 2 aromatic rings. The summed E-state index contributed by atoms with van der Waals surface area (Å²) in [5.41, 5.74) is 1.42. The fraction of sp³-hybridized carbons (Fsp3) is 0.412. The number of rotatable bonds is 7. The monoisotopic (exact) mass is 396 g/mol. The molecule has 10 heteroatoms. The summed E-state index contributed by atoms with van der Waals surface area (Å²) in [6, 6.07) is 5.04. The molecule has 146 valence electrons. The molecule has 1 unspecified atom stereocenters. The largest absolute Gasteiger partial charge is 0.383 e. The average molecular weight is 396 g/mol. The smallest absolute Gasteiger partial charge is 0.271 e. The molecule has 0 saturated heterocycles. The predicted octanol–water partition coefficient (Wildman–Crippen LogP) is 0.610. The lowest BCUT2D eigenvalue weighted by Crippen LogP contribution is -2.36. The van der Waals surface area contributed by atoms with E-state index in [4.69, 9.17) is 4.74 Å². The van der Waals surface area contributed by atoms with Crippen molar-refractivity contribution in [2.24, 2.45) is 0 Å². The molecule has 1 atom stereocenters. The lowest BCUT2D eigenvalue weighted by Gasteiger charge is -2.13. The first-order chi connectivity index (χ1) is 12.8. The minimum atomic E-state index is -3.84. The molecule has 0 radical (unpaired) electrons. The van der Waals surface area contributed by atoms with Gasteiger partial charge < -0.3 is 10.1 Å². The number of amides is 1. The molecule has 2 N–H and O–H groups in total. The maximum atomic E-state index is 13.7. The average Bonchev–Trinajstić information content (AvgIpc) is 3.15. The summed E-state index contributed by atoms with van der Waals surface area (Å²) in [5, 5.41) is 6.90. The molecule has 27 heavy (non-hydrogen) atoms. The van der Waals surface area contributed by atoms with Crippen LogP contribution in [0.5, 0.6) is 0 Å². The van der Waals surface area contributed by atoms with Gasteiger partial charge in [0.15, 0.2) is 0 Å². The number of hydrogen-bond acceptors (Lipinski definition) is 5. The van der Waals surface area contributed by atoms with Crippen LogP contribution in [0.1, 0.15) is 21.7 Å². The van der Waals surface area contributed by atoms with E-state index in [0.29, 0.717) is 31.7 Å². The van der Waals surface area contributed by atoms with Crippen molar-refractivity contribution in [1.29, 1.82) is 0 Å². The van der Waals surface area contributed by atoms with Gasteiger partial charge in [-0.25, -0.2) is 17.5 Å². The van der Waals surface area contributed by atoms with Gasteiger partial charge in [0.2, 0.25) is 10.0 Å². The van der Waals surface area contributed by atoms with Crippen molar-refractivity contribution in [2.45, 2.75) is 30.8 Å². The summed E-state index contributed by atoms with van der Waals surface area (Å²) in [7, 11) is -2.30. The van der Waals surface area contributed by atoms with Crippen molar-refractivity contribution in [3.63, 3.8) is 0 Å². The van der Waals surface area contributed by atoms with Gasteiger partial charge in [0, 0.05) is 31.8 Å². The number of nitrogens with one attached hydrogen (secondary N) is 2. The number of halogens is 1. The zero-order valence-corrected chi connectivity index (χ0v) is 15.8. The molecular formula is C17H21FN4O4S. The number of nitrogens with zero attached hydrogens (tertiary/aromatic N) is 2. The molecule has 2 heterocycles. The lowest BCUT2D eigenvalue weighted by atomic mass is 10.2. The number of sulfonamides is 1. The standard InChI is InChI=1S/C17H21FN4O4S/c1-11-3-4-14(9-15(11)18)27(24,25)21-12-7-13-8-16(20-22(13)10-12)17(23)19-5-6-26-2/h3-4,8-9,12,21H,5-7,10H2,1-2H3,(H,19,23). The third-order valence-electron chi connectivity index (χ3n) is 4.31. The third-order valence-corrected chi connectivity index (χ3v) is 5.83. The van der Waals surface area contributed by atoms with Crippen LogP contribution < -0.4 is 10.0 Å². The van der Waals surface area contributed by atoms with E-state index < -0.39 is 21.9 Å². The van der Waals surface area contributed by atoms with Crippen LogP contribution in [0.15, 0.2) is 29.2 Å². The second kappa shape index (κ2) is 7.75. The minimum Gasteiger partial charge on any atom is -0.383 e. The number of benzene rings is 1. The first-order valence-electron chi connectivity index (χ1n) is 8.42. The van der Waals surface area contributed by atoms with Crippen molar-refractivity contribution in [2.75, 3.05) is 20.3 Å². The van der Waals surface area contributed by atoms with E-state index in [2.05, 4.69) is 15.1 Å². The zero-order valence-electron chi connectivity index (χ0n) is 15.0. The van der Waals surface area contributed by atoms with Crippen molar-refractivity contribution < 1.29 is 22.3 Å². The third kappa shape index (κ3) is 4.34. The highest BCUT2D eigenvalue weighted by molar-refractivity contribution is 7.89. The molecule has 1 aliphatic rings. The maximum Gasteiger partial charge on any atom is 0.271 e. The number of carbonyl (C=O) groups is 1. The molecule has 1 aromatic carbocycles. The Bertz CT molecular complexity index is 934. The van der Waals surface area contributed by atoms with Crippen LogP contribution in [0.2, 0.25) is 0 Å². The van der Waals surface area contributed by atoms with Crippen LogP contribution in [0.25, 0.3) is 0 Å². The first kappa shape index (κ1) is 19.5. The van der Waals surface area contributed by atoms with Crippen molar-refractivity contribution in [1.82, 2.24) is 19.8 Å². The highest BCUT2D eigenvalue weighted by atomic mass is 32.2. The van der Waals surface area contributed by atoms with E-state index in [1.165, 1.54) is 12.1 Å². The molecule has 8 nitrogen and oxygen atoms in total. The van der Waals surface area contributed by atoms with E-state index in [1.807, 2.05) is 0 Å². The summed E-state index contributed by atoms with van der Waals surface area (Å²) in [5.74, 6) is -0.873. The van der Waals surface area contributed by atoms with Gasteiger partial charge in [-0.15, -0.1) is 0 Å². The molecule has 1 aromatic heterocycles. The molecule has 1 aliphatic heterocycles. The fourth-order valence-corrected chi connectivity index (χ4v) is 4.12. The van der Waals surface area contributed by atoms with Gasteiger partial charge in [-0.05, 0) is 30.7 Å². The second-order valence-electron chi connectivity index (χ2n) is 6.39. The van der Waals surface area contributed by atoms with Gasteiger partial charge in [-0.1, -0.05) is 6.07 Å². The molecule has 0 fully saturated rings. The van der Waals surface area contributed by atoms with Crippen LogP contribution in [0, 0.1) is 12.7 Å². The van der Waals surface area contributed by atoms with Crippen molar-refractivity contribution in [3.05, 3.63) is 47.0 Å². The SMILES string of the molecule is COCCNC(=O)c1cc2n(n1)CC(NS(=O)(=O)c1ccc(C)c(F)c1)C2. The summed E-state index contributed by atoms with van der Waals surface area (Å²) in [6.45, 7) is 2.65. The number of methoxy groups -OCH3 is 1. The van der Waals surface area contributed by atoms with Crippen LogP contribution in [0.3, 0.4) is 0 Å². The predicted molar refractivity (Wildman–Crippen MR) is 95.4 cm³/mol. The Hall–Kier alpha value is -2.30. The number of hydrogen-bond donors (Lipinski definition) is 2. The number of fused-ring (bicyclic) bond motifs is 1. The quantitative estimate of drug-likeness (QED) is 0.668. The van der Waals surface area contributed by atoms with E-state index in [9.17, 15) is 17.6 Å². The van der Waals surface area contributed by atoms with Gasteiger partial charge in [0.25, 0.3) is 5.91 Å². The fourth-order valence-electron chi connectivity index (χ4n) is 2.88. The van der Waals surface area contributed by atoms with Crippen molar-refractivity contribution >= 4 is 15.9 Å². The number of aryl methyl sites for hydroxylation is 1. The Morgan fingerprint density at radius 2 is 2.19 bits per heavy atom. The lowest BCUT2D eigenvalue weighted by molar-refractivity contribution is 0.0931. The summed E-state index contributed by atoms with van der Waals surface area (Å²) >= 11 is 0. The van der Waals surface area contributed by atoms with Gasteiger partial charge in [-0.3, -0.25) is 9.48 Å². The van der Waals surface area contributed by atoms with Gasteiger partial charge in [0.05, 0.1) is 18.0 Å². The second-order valence-corrected chi connectivity index (χ2v) is 8.10. The Balaban J connectivity index is 1.64. The molecule has 0 bridgehead atoms. The van der Waals surface area contributed by atoms with E-state index in [0.717, 1.165) is 11.8 Å². The van der Waals surface area contributed by atoms with Crippen LogP contribution in [-0.4, -0.2) is 50.4 Å². The highest BCUT2D eigenvalue weighted by Crippen LogP contribution is 2.19. The van der Waals surface area contributed by atoms with E-state index in [1.54, 1.807) is 24.8 Å². The Labute approximate surface area is 156 Å². The topological polar surface area (TPSA) is 102 Å². The van der Waals surface area contributed by atoms with E-state index >= 15 is 0 Å². The number of aromatic nitrogens is 2. The number of ether oxygens (including phenoxy) is 1. The molecule has 3 rings (SSSR count). The normalized spacial score (nSPS) is 16.3. The summed E-state index contributed by atoms with van der Waals surface area (Å²) < 4.78 is 47.6. The van der Waals surface area contributed by atoms with E-state index in [-0.39, 0.29) is 16.5 Å². The molecular weight excluding hydrogens is 375 g/mol. The maximum absolute atomic E-state index is 13.7. The Kier molecular flexibility index (Phi) is 5.59.